The molecule has 0 saturated carbocycles. The number of hydrogen-bond donors (Lipinski definition) is 3. The van der Waals surface area contributed by atoms with E-state index in [1.165, 1.54) is 24.8 Å². The molecule has 7 heteroatoms. The topological polar surface area (TPSA) is 97.4 Å². The van der Waals surface area contributed by atoms with Crippen LogP contribution < -0.4 is 10.5 Å². The fraction of sp³-hybridized carbons (Fsp3) is 0.613. The van der Waals surface area contributed by atoms with E-state index in [1.807, 2.05) is 42.5 Å². The standard InChI is InChI=1S/C31H48N2O5/c1-2-3-4-10-19-33(20-21-36-28-16-14-25(15-17-28)11-8-9-18-32)23-27(34)22-30-29(35)24-37-31(38-30)26-12-6-5-7-13-26/h5-7,12-17,27,29-31,34-35H,2-4,8-11,18-24,32H2,1H3/t27-,29-,30+,31?/m1/s1. The number of benzene rings is 2. The normalized spacial score (nSPS) is 20.5. The van der Waals surface area contributed by atoms with E-state index in [-0.39, 0.29) is 6.61 Å². The van der Waals surface area contributed by atoms with Gasteiger partial charge in [0.05, 0.1) is 18.8 Å². The second kappa shape index (κ2) is 17.6. The summed E-state index contributed by atoms with van der Waals surface area (Å²) in [6.07, 6.45) is 5.83. The van der Waals surface area contributed by atoms with Crippen molar-refractivity contribution in [2.24, 2.45) is 5.73 Å². The molecule has 0 radical (unpaired) electrons. The summed E-state index contributed by atoms with van der Waals surface area (Å²) in [5.74, 6) is 0.865. The fourth-order valence-electron chi connectivity index (χ4n) is 4.80. The van der Waals surface area contributed by atoms with Gasteiger partial charge in [0.2, 0.25) is 0 Å². The molecule has 0 bridgehead atoms. The van der Waals surface area contributed by atoms with Crippen LogP contribution >= 0.6 is 0 Å². The zero-order chi connectivity index (χ0) is 27.0. The molecule has 1 fully saturated rings. The van der Waals surface area contributed by atoms with Gasteiger partial charge in [0.25, 0.3) is 0 Å². The molecular formula is C31H48N2O5. The van der Waals surface area contributed by atoms with Crippen molar-refractivity contribution in [2.45, 2.75) is 82.9 Å². The number of ether oxygens (including phenoxy) is 3. The smallest absolute Gasteiger partial charge is 0.184 e. The lowest BCUT2D eigenvalue weighted by molar-refractivity contribution is -0.261. The highest BCUT2D eigenvalue weighted by Crippen LogP contribution is 2.28. The van der Waals surface area contributed by atoms with Crippen LogP contribution in [-0.4, -0.2) is 72.8 Å². The SMILES string of the molecule is CCCCCCN(CCOc1ccc(CCCCN)cc1)C[C@H](O)C[C@@H]1OC(c2ccccc2)OC[C@H]1O. The first kappa shape index (κ1) is 30.5. The van der Waals surface area contributed by atoms with E-state index in [0.717, 1.165) is 56.6 Å². The maximum atomic E-state index is 11.0. The molecule has 0 amide bonds. The summed E-state index contributed by atoms with van der Waals surface area (Å²) < 4.78 is 17.8. The Labute approximate surface area is 228 Å². The van der Waals surface area contributed by atoms with Crippen LogP contribution in [0, 0.1) is 0 Å². The molecular weight excluding hydrogens is 480 g/mol. The predicted molar refractivity (Wildman–Crippen MR) is 151 cm³/mol. The molecule has 212 valence electrons. The van der Waals surface area contributed by atoms with E-state index < -0.39 is 24.6 Å². The van der Waals surface area contributed by atoms with Gasteiger partial charge in [-0.25, -0.2) is 0 Å². The first-order chi connectivity index (χ1) is 18.6. The van der Waals surface area contributed by atoms with Gasteiger partial charge in [-0.3, -0.25) is 4.90 Å². The largest absolute Gasteiger partial charge is 0.492 e. The molecule has 1 heterocycles. The Morgan fingerprint density at radius 3 is 2.53 bits per heavy atom. The van der Waals surface area contributed by atoms with Crippen molar-refractivity contribution in [1.82, 2.24) is 4.90 Å². The highest BCUT2D eigenvalue weighted by atomic mass is 16.7. The molecule has 1 aliphatic rings. The first-order valence-electron chi connectivity index (χ1n) is 14.4. The van der Waals surface area contributed by atoms with Gasteiger partial charge < -0.3 is 30.2 Å². The molecule has 1 aliphatic heterocycles. The Morgan fingerprint density at radius 2 is 1.79 bits per heavy atom. The minimum Gasteiger partial charge on any atom is -0.492 e. The second-order valence-electron chi connectivity index (χ2n) is 10.3. The van der Waals surface area contributed by atoms with Crippen LogP contribution in [0.1, 0.15) is 69.3 Å². The number of hydrogen-bond acceptors (Lipinski definition) is 7. The van der Waals surface area contributed by atoms with Crippen molar-refractivity contribution < 1.29 is 24.4 Å². The Bertz CT molecular complexity index is 866. The molecule has 3 rings (SSSR count). The monoisotopic (exact) mass is 528 g/mol. The molecule has 7 nitrogen and oxygen atoms in total. The summed E-state index contributed by atoms with van der Waals surface area (Å²) in [5, 5.41) is 21.4. The molecule has 0 aliphatic carbocycles. The Kier molecular flexibility index (Phi) is 14.1. The maximum Gasteiger partial charge on any atom is 0.184 e. The number of nitrogens with zero attached hydrogens (tertiary/aromatic N) is 1. The quantitative estimate of drug-likeness (QED) is 0.246. The molecule has 0 aromatic heterocycles. The lowest BCUT2D eigenvalue weighted by Crippen LogP contribution is -2.44. The van der Waals surface area contributed by atoms with Gasteiger partial charge in [-0.15, -0.1) is 0 Å². The van der Waals surface area contributed by atoms with Crippen LogP contribution in [0.5, 0.6) is 5.75 Å². The first-order valence-corrected chi connectivity index (χ1v) is 14.4. The number of aryl methyl sites for hydroxylation is 1. The Morgan fingerprint density at radius 1 is 1.00 bits per heavy atom. The number of nitrogens with two attached hydrogens (primary N) is 1. The van der Waals surface area contributed by atoms with Crippen molar-refractivity contribution in [3.63, 3.8) is 0 Å². The Balaban J connectivity index is 1.48. The number of unbranched alkanes of at least 4 members (excludes halogenated alkanes) is 4. The van der Waals surface area contributed by atoms with Gasteiger partial charge in [-0.05, 0) is 56.5 Å². The summed E-state index contributed by atoms with van der Waals surface area (Å²) in [7, 11) is 0. The minimum atomic E-state index is -0.760. The van der Waals surface area contributed by atoms with E-state index in [0.29, 0.717) is 19.6 Å². The summed E-state index contributed by atoms with van der Waals surface area (Å²) >= 11 is 0. The third kappa shape index (κ3) is 11.0. The van der Waals surface area contributed by atoms with Crippen molar-refractivity contribution in [1.29, 1.82) is 0 Å². The van der Waals surface area contributed by atoms with Crippen LogP contribution in [0.2, 0.25) is 0 Å². The van der Waals surface area contributed by atoms with Gasteiger partial charge in [0.1, 0.15) is 18.5 Å². The average molecular weight is 529 g/mol. The highest BCUT2D eigenvalue weighted by Gasteiger charge is 2.33. The van der Waals surface area contributed by atoms with Crippen molar-refractivity contribution in [3.05, 3.63) is 65.7 Å². The zero-order valence-corrected chi connectivity index (χ0v) is 23.0. The van der Waals surface area contributed by atoms with Gasteiger partial charge >= 0.3 is 0 Å². The van der Waals surface area contributed by atoms with Crippen LogP contribution in [-0.2, 0) is 15.9 Å². The molecule has 2 aromatic rings. The molecule has 1 unspecified atom stereocenters. The summed E-state index contributed by atoms with van der Waals surface area (Å²) in [6, 6.07) is 18.0. The van der Waals surface area contributed by atoms with E-state index in [9.17, 15) is 10.2 Å². The molecule has 38 heavy (non-hydrogen) atoms. The number of aliphatic hydroxyl groups excluding tert-OH is 2. The summed E-state index contributed by atoms with van der Waals surface area (Å²) in [6.45, 7) is 5.84. The predicted octanol–water partition coefficient (Wildman–Crippen LogP) is 4.46. The lowest BCUT2D eigenvalue weighted by Gasteiger charge is -2.36. The lowest BCUT2D eigenvalue weighted by atomic mass is 10.0. The third-order valence-corrected chi connectivity index (χ3v) is 7.04. The van der Waals surface area contributed by atoms with E-state index in [1.54, 1.807) is 0 Å². The number of aliphatic hydroxyl groups is 2. The summed E-state index contributed by atoms with van der Waals surface area (Å²) in [4.78, 5) is 2.27. The van der Waals surface area contributed by atoms with Crippen LogP contribution in [0.4, 0.5) is 0 Å². The van der Waals surface area contributed by atoms with Crippen molar-refractivity contribution in [3.8, 4) is 5.75 Å². The average Bonchev–Trinajstić information content (AvgIpc) is 2.93. The van der Waals surface area contributed by atoms with Crippen LogP contribution in [0.25, 0.3) is 0 Å². The van der Waals surface area contributed by atoms with Gasteiger partial charge in [-0.2, -0.15) is 0 Å². The molecule has 0 spiro atoms. The van der Waals surface area contributed by atoms with Gasteiger partial charge in [0, 0.05) is 25.1 Å². The van der Waals surface area contributed by atoms with Crippen LogP contribution in [0.3, 0.4) is 0 Å². The molecule has 2 aromatic carbocycles. The van der Waals surface area contributed by atoms with Crippen LogP contribution in [0.15, 0.2) is 54.6 Å². The minimum absolute atomic E-state index is 0.192. The van der Waals surface area contributed by atoms with E-state index in [2.05, 4.69) is 24.0 Å². The summed E-state index contributed by atoms with van der Waals surface area (Å²) in [5.41, 5.74) is 7.81. The number of rotatable bonds is 18. The van der Waals surface area contributed by atoms with E-state index >= 15 is 0 Å². The molecule has 4 atom stereocenters. The maximum absolute atomic E-state index is 11.0. The second-order valence-corrected chi connectivity index (χ2v) is 10.3. The van der Waals surface area contributed by atoms with Gasteiger partial charge in [-0.1, -0.05) is 68.7 Å². The van der Waals surface area contributed by atoms with Crippen molar-refractivity contribution >= 4 is 0 Å². The van der Waals surface area contributed by atoms with Crippen molar-refractivity contribution in [2.75, 3.05) is 39.4 Å². The zero-order valence-electron chi connectivity index (χ0n) is 23.0. The Hall–Kier alpha value is -2.00. The third-order valence-electron chi connectivity index (χ3n) is 7.04. The molecule has 4 N–H and O–H groups in total. The highest BCUT2D eigenvalue weighted by molar-refractivity contribution is 5.27. The molecule has 1 saturated heterocycles. The fourth-order valence-corrected chi connectivity index (χ4v) is 4.80. The van der Waals surface area contributed by atoms with E-state index in [4.69, 9.17) is 19.9 Å². The van der Waals surface area contributed by atoms with Gasteiger partial charge in [0.15, 0.2) is 6.29 Å².